The van der Waals surface area contributed by atoms with E-state index < -0.39 is 5.60 Å². The van der Waals surface area contributed by atoms with Crippen LogP contribution in [0.5, 0.6) is 0 Å². The number of amides is 1. The summed E-state index contributed by atoms with van der Waals surface area (Å²) in [5.41, 5.74) is 2.24. The maximum Gasteiger partial charge on any atom is 0.407 e. The molecule has 0 heterocycles. The minimum atomic E-state index is -0.430. The summed E-state index contributed by atoms with van der Waals surface area (Å²) in [6, 6.07) is 8.64. The second-order valence-corrected chi connectivity index (χ2v) is 5.70. The summed E-state index contributed by atoms with van der Waals surface area (Å²) >= 11 is 0. The third-order valence-electron chi connectivity index (χ3n) is 2.74. The average molecular weight is 263 g/mol. The maximum absolute atomic E-state index is 11.4. The van der Waals surface area contributed by atoms with Crippen LogP contribution >= 0.6 is 0 Å². The van der Waals surface area contributed by atoms with Crippen LogP contribution in [0.1, 0.15) is 45.2 Å². The van der Waals surface area contributed by atoms with E-state index in [2.05, 4.69) is 36.5 Å². The number of nitrogens with one attached hydrogen (secondary N) is 1. The molecule has 1 amide bonds. The van der Waals surface area contributed by atoms with Gasteiger partial charge in [0.1, 0.15) is 5.60 Å². The van der Waals surface area contributed by atoms with Gasteiger partial charge in [0.25, 0.3) is 0 Å². The van der Waals surface area contributed by atoms with E-state index in [1.165, 1.54) is 11.1 Å². The molecule has 0 aliphatic carbocycles. The van der Waals surface area contributed by atoms with Crippen LogP contribution in [0.4, 0.5) is 4.79 Å². The van der Waals surface area contributed by atoms with Crippen LogP contribution in [0.15, 0.2) is 24.3 Å². The highest BCUT2D eigenvalue weighted by Crippen LogP contribution is 2.08. The molecule has 0 aliphatic rings. The first-order chi connectivity index (χ1) is 8.90. The van der Waals surface area contributed by atoms with Gasteiger partial charge in [0, 0.05) is 6.54 Å². The van der Waals surface area contributed by atoms with Crippen LogP contribution < -0.4 is 5.32 Å². The van der Waals surface area contributed by atoms with Crippen molar-refractivity contribution in [3.63, 3.8) is 0 Å². The van der Waals surface area contributed by atoms with Crippen LogP contribution in [0.25, 0.3) is 0 Å². The predicted octanol–water partition coefficient (Wildman–Crippen LogP) is 3.71. The standard InChI is InChI=1S/C16H25NO2/c1-5-13-8-10-14(11-9-13)7-6-12-17-15(18)19-16(2,3)4/h8-11H,5-7,12H2,1-4H3,(H,17,18). The highest BCUT2D eigenvalue weighted by atomic mass is 16.6. The molecular formula is C16H25NO2. The number of carbonyl (C=O) groups excluding carboxylic acids is 1. The van der Waals surface area contributed by atoms with E-state index >= 15 is 0 Å². The molecule has 1 aromatic carbocycles. The summed E-state index contributed by atoms with van der Waals surface area (Å²) in [5.74, 6) is 0. The van der Waals surface area contributed by atoms with Gasteiger partial charge in [0.05, 0.1) is 0 Å². The van der Waals surface area contributed by atoms with Crippen molar-refractivity contribution in [2.45, 2.75) is 52.6 Å². The van der Waals surface area contributed by atoms with Crippen LogP contribution in [-0.2, 0) is 17.6 Å². The molecular weight excluding hydrogens is 238 g/mol. The highest BCUT2D eigenvalue weighted by Gasteiger charge is 2.15. The van der Waals surface area contributed by atoms with E-state index in [0.717, 1.165) is 19.3 Å². The lowest BCUT2D eigenvalue weighted by atomic mass is 10.1. The Morgan fingerprint density at radius 2 is 1.74 bits per heavy atom. The summed E-state index contributed by atoms with van der Waals surface area (Å²) in [7, 11) is 0. The van der Waals surface area contributed by atoms with Gasteiger partial charge >= 0.3 is 6.09 Å². The number of carbonyl (C=O) groups is 1. The summed E-state index contributed by atoms with van der Waals surface area (Å²) in [6.07, 6.45) is 2.62. The number of alkyl carbamates (subject to hydrolysis) is 1. The molecule has 0 aromatic heterocycles. The highest BCUT2D eigenvalue weighted by molar-refractivity contribution is 5.67. The van der Waals surface area contributed by atoms with Crippen molar-refractivity contribution in [1.82, 2.24) is 5.32 Å². The molecule has 1 rings (SSSR count). The van der Waals surface area contributed by atoms with Gasteiger partial charge in [-0.3, -0.25) is 0 Å². The largest absolute Gasteiger partial charge is 0.444 e. The first-order valence-corrected chi connectivity index (χ1v) is 6.95. The Kier molecular flexibility index (Phi) is 5.87. The van der Waals surface area contributed by atoms with Crippen LogP contribution in [0.3, 0.4) is 0 Å². The Morgan fingerprint density at radius 1 is 1.16 bits per heavy atom. The zero-order valence-electron chi connectivity index (χ0n) is 12.5. The number of hydrogen-bond donors (Lipinski definition) is 1. The quantitative estimate of drug-likeness (QED) is 0.822. The lowest BCUT2D eigenvalue weighted by Gasteiger charge is -2.19. The smallest absolute Gasteiger partial charge is 0.407 e. The number of aryl methyl sites for hydroxylation is 2. The minimum absolute atomic E-state index is 0.339. The van der Waals surface area contributed by atoms with E-state index in [0.29, 0.717) is 6.54 Å². The minimum Gasteiger partial charge on any atom is -0.444 e. The summed E-state index contributed by atoms with van der Waals surface area (Å²) in [5, 5.41) is 2.77. The van der Waals surface area contributed by atoms with Crippen molar-refractivity contribution < 1.29 is 9.53 Å². The van der Waals surface area contributed by atoms with Crippen molar-refractivity contribution in [3.8, 4) is 0 Å². The second-order valence-electron chi connectivity index (χ2n) is 5.70. The Balaban J connectivity index is 2.21. The van der Waals surface area contributed by atoms with Crippen LogP contribution in [0.2, 0.25) is 0 Å². The van der Waals surface area contributed by atoms with Crippen molar-refractivity contribution in [2.75, 3.05) is 6.54 Å². The van der Waals surface area contributed by atoms with Gasteiger partial charge in [-0.05, 0) is 51.2 Å². The number of ether oxygens (including phenoxy) is 1. The fourth-order valence-electron chi connectivity index (χ4n) is 1.74. The number of benzene rings is 1. The molecule has 1 N–H and O–H groups in total. The SMILES string of the molecule is CCc1ccc(CCCNC(=O)OC(C)(C)C)cc1. The molecule has 0 radical (unpaired) electrons. The average Bonchev–Trinajstić information content (AvgIpc) is 2.33. The fourth-order valence-corrected chi connectivity index (χ4v) is 1.74. The normalized spacial score (nSPS) is 11.2. The lowest BCUT2D eigenvalue weighted by Crippen LogP contribution is -2.33. The van der Waals surface area contributed by atoms with Gasteiger partial charge in [0.15, 0.2) is 0 Å². The van der Waals surface area contributed by atoms with E-state index in [4.69, 9.17) is 4.74 Å². The Morgan fingerprint density at radius 3 is 2.26 bits per heavy atom. The second kappa shape index (κ2) is 7.17. The molecule has 0 spiro atoms. The first kappa shape index (κ1) is 15.5. The van der Waals surface area contributed by atoms with Gasteiger partial charge in [-0.1, -0.05) is 31.2 Å². The Labute approximate surface area is 116 Å². The van der Waals surface area contributed by atoms with Gasteiger partial charge in [-0.2, -0.15) is 0 Å². The van der Waals surface area contributed by atoms with E-state index in [-0.39, 0.29) is 6.09 Å². The van der Waals surface area contributed by atoms with Gasteiger partial charge < -0.3 is 10.1 Å². The molecule has 0 unspecified atom stereocenters. The third kappa shape index (κ3) is 6.85. The molecule has 0 bridgehead atoms. The zero-order chi connectivity index (χ0) is 14.3. The fraction of sp³-hybridized carbons (Fsp3) is 0.562. The topological polar surface area (TPSA) is 38.3 Å². The molecule has 0 aliphatic heterocycles. The summed E-state index contributed by atoms with van der Waals surface area (Å²) in [4.78, 5) is 11.4. The first-order valence-electron chi connectivity index (χ1n) is 6.95. The Bertz CT molecular complexity index is 390. The third-order valence-corrected chi connectivity index (χ3v) is 2.74. The van der Waals surface area contributed by atoms with Crippen molar-refractivity contribution in [3.05, 3.63) is 35.4 Å². The molecule has 19 heavy (non-hydrogen) atoms. The molecule has 3 heteroatoms. The maximum atomic E-state index is 11.4. The van der Waals surface area contributed by atoms with Crippen molar-refractivity contribution in [2.24, 2.45) is 0 Å². The zero-order valence-corrected chi connectivity index (χ0v) is 12.5. The molecule has 0 atom stereocenters. The molecule has 0 fully saturated rings. The van der Waals surface area contributed by atoms with E-state index in [9.17, 15) is 4.79 Å². The van der Waals surface area contributed by atoms with Gasteiger partial charge in [0.2, 0.25) is 0 Å². The molecule has 3 nitrogen and oxygen atoms in total. The molecule has 0 saturated heterocycles. The van der Waals surface area contributed by atoms with Gasteiger partial charge in [-0.15, -0.1) is 0 Å². The van der Waals surface area contributed by atoms with Crippen LogP contribution in [0, 0.1) is 0 Å². The summed E-state index contributed by atoms with van der Waals surface area (Å²) in [6.45, 7) is 8.38. The van der Waals surface area contributed by atoms with Gasteiger partial charge in [-0.25, -0.2) is 4.79 Å². The molecule has 106 valence electrons. The van der Waals surface area contributed by atoms with Crippen LogP contribution in [-0.4, -0.2) is 18.2 Å². The summed E-state index contributed by atoms with van der Waals surface area (Å²) < 4.78 is 5.17. The van der Waals surface area contributed by atoms with Crippen molar-refractivity contribution >= 4 is 6.09 Å². The molecule has 1 aromatic rings. The lowest BCUT2D eigenvalue weighted by molar-refractivity contribution is 0.0527. The number of rotatable bonds is 5. The monoisotopic (exact) mass is 263 g/mol. The van der Waals surface area contributed by atoms with Crippen molar-refractivity contribution in [1.29, 1.82) is 0 Å². The van der Waals surface area contributed by atoms with E-state index in [1.54, 1.807) is 0 Å². The predicted molar refractivity (Wildman–Crippen MR) is 78.4 cm³/mol. The number of hydrogen-bond acceptors (Lipinski definition) is 2. The Hall–Kier alpha value is -1.51. The van der Waals surface area contributed by atoms with E-state index in [1.807, 2.05) is 20.8 Å². The molecule has 0 saturated carbocycles.